The first-order valence-corrected chi connectivity index (χ1v) is 4.18. The second-order valence-corrected chi connectivity index (χ2v) is 3.13. The molecule has 0 unspecified atom stereocenters. The highest BCUT2D eigenvalue weighted by Gasteiger charge is 2.07. The van der Waals surface area contributed by atoms with Crippen LogP contribution in [-0.2, 0) is 4.79 Å². The summed E-state index contributed by atoms with van der Waals surface area (Å²) in [6, 6.07) is 2.67. The zero-order valence-electron chi connectivity index (χ0n) is 8.13. The molecule has 0 aromatic heterocycles. The van der Waals surface area contributed by atoms with Gasteiger partial charge in [0.2, 0.25) is 0 Å². The summed E-state index contributed by atoms with van der Waals surface area (Å²) < 4.78 is 18.1. The van der Waals surface area contributed by atoms with Crippen LogP contribution in [0.5, 0.6) is 5.75 Å². The van der Waals surface area contributed by atoms with E-state index in [1.165, 1.54) is 19.1 Å². The Morgan fingerprint density at radius 3 is 2.79 bits per heavy atom. The van der Waals surface area contributed by atoms with Crippen molar-refractivity contribution >= 4 is 11.5 Å². The second kappa shape index (κ2) is 4.09. The van der Waals surface area contributed by atoms with Crippen LogP contribution in [0.25, 0.3) is 0 Å². The van der Waals surface area contributed by atoms with Gasteiger partial charge in [0, 0.05) is 11.8 Å². The molecule has 0 aliphatic rings. The fourth-order valence-electron chi connectivity index (χ4n) is 0.959. The first kappa shape index (κ1) is 10.5. The highest BCUT2D eigenvalue weighted by molar-refractivity contribution is 5.77. The summed E-state index contributed by atoms with van der Waals surface area (Å²) in [7, 11) is 0. The van der Waals surface area contributed by atoms with Gasteiger partial charge in [-0.15, -0.1) is 0 Å². The zero-order chi connectivity index (χ0) is 10.7. The molecule has 14 heavy (non-hydrogen) atoms. The molecule has 1 aromatic carbocycles. The van der Waals surface area contributed by atoms with Crippen LogP contribution in [0.4, 0.5) is 10.1 Å². The van der Waals surface area contributed by atoms with Crippen LogP contribution in [0.1, 0.15) is 12.5 Å². The number of carbonyl (C=O) groups is 1. The van der Waals surface area contributed by atoms with Crippen molar-refractivity contribution in [1.29, 1.82) is 0 Å². The number of nitrogens with two attached hydrogens (primary N) is 1. The van der Waals surface area contributed by atoms with Gasteiger partial charge in [-0.3, -0.25) is 4.79 Å². The topological polar surface area (TPSA) is 52.3 Å². The molecule has 1 rings (SSSR count). The minimum Gasteiger partial charge on any atom is -0.483 e. The van der Waals surface area contributed by atoms with Crippen LogP contribution in [0.15, 0.2) is 12.1 Å². The normalized spacial score (nSPS) is 9.93. The third-order valence-corrected chi connectivity index (χ3v) is 1.75. The number of hydrogen-bond donors (Lipinski definition) is 1. The van der Waals surface area contributed by atoms with Crippen molar-refractivity contribution in [2.75, 3.05) is 12.3 Å². The van der Waals surface area contributed by atoms with Crippen molar-refractivity contribution < 1.29 is 13.9 Å². The molecule has 4 heteroatoms. The summed E-state index contributed by atoms with van der Waals surface area (Å²) in [5.74, 6) is -0.648. The lowest BCUT2D eigenvalue weighted by Gasteiger charge is -2.07. The summed E-state index contributed by atoms with van der Waals surface area (Å²) in [5, 5.41) is 0. The molecule has 0 heterocycles. The number of ether oxygens (including phenoxy) is 1. The average Bonchev–Trinajstić information content (AvgIpc) is 2.09. The minimum atomic E-state index is -0.502. The molecular weight excluding hydrogens is 185 g/mol. The van der Waals surface area contributed by atoms with Gasteiger partial charge in [-0.2, -0.15) is 0 Å². The van der Waals surface area contributed by atoms with Crippen LogP contribution >= 0.6 is 0 Å². The van der Waals surface area contributed by atoms with Gasteiger partial charge in [0.1, 0.15) is 6.61 Å². The molecule has 0 spiro atoms. The number of hydrogen-bond acceptors (Lipinski definition) is 3. The molecule has 0 fully saturated rings. The Balaban J connectivity index is 2.87. The Kier molecular flexibility index (Phi) is 3.06. The maximum atomic E-state index is 13.2. The number of nitrogen functional groups attached to an aromatic ring is 1. The Bertz CT molecular complexity index is 363. The molecule has 2 N–H and O–H groups in total. The summed E-state index contributed by atoms with van der Waals surface area (Å²) in [5.41, 5.74) is 6.66. The van der Waals surface area contributed by atoms with Gasteiger partial charge in [-0.25, -0.2) is 4.39 Å². The zero-order valence-corrected chi connectivity index (χ0v) is 8.13. The molecule has 76 valence electrons. The van der Waals surface area contributed by atoms with Crippen LogP contribution in [0, 0.1) is 12.7 Å². The number of aryl methyl sites for hydroxylation is 1. The lowest BCUT2D eigenvalue weighted by atomic mass is 10.2. The van der Waals surface area contributed by atoms with E-state index in [1.54, 1.807) is 6.92 Å². The van der Waals surface area contributed by atoms with E-state index in [0.717, 1.165) is 0 Å². The molecule has 3 nitrogen and oxygen atoms in total. The first-order valence-electron chi connectivity index (χ1n) is 4.18. The van der Waals surface area contributed by atoms with Gasteiger partial charge in [0.05, 0.1) is 0 Å². The van der Waals surface area contributed by atoms with E-state index < -0.39 is 5.82 Å². The van der Waals surface area contributed by atoms with Crippen molar-refractivity contribution in [2.45, 2.75) is 13.8 Å². The van der Waals surface area contributed by atoms with E-state index in [2.05, 4.69) is 0 Å². The lowest BCUT2D eigenvalue weighted by Crippen LogP contribution is -2.08. The molecule has 0 aliphatic carbocycles. The molecular formula is C10H12FNO2. The predicted octanol–water partition coefficient (Wildman–Crippen LogP) is 1.68. The average molecular weight is 197 g/mol. The van der Waals surface area contributed by atoms with Crippen molar-refractivity contribution in [3.63, 3.8) is 0 Å². The first-order chi connectivity index (χ1) is 6.50. The summed E-state index contributed by atoms with van der Waals surface area (Å²) in [6.07, 6.45) is 0. The van der Waals surface area contributed by atoms with Gasteiger partial charge < -0.3 is 10.5 Å². The fourth-order valence-corrected chi connectivity index (χ4v) is 0.959. The van der Waals surface area contributed by atoms with E-state index in [4.69, 9.17) is 10.5 Å². The van der Waals surface area contributed by atoms with Crippen LogP contribution in [0.3, 0.4) is 0 Å². The number of Topliss-reactive ketones (excluding diaryl/α,β-unsaturated/α-hetero) is 1. The third kappa shape index (κ3) is 2.45. The molecule has 1 aromatic rings. The molecule has 0 saturated heterocycles. The highest BCUT2D eigenvalue weighted by atomic mass is 19.1. The van der Waals surface area contributed by atoms with Crippen molar-refractivity contribution in [3.8, 4) is 5.75 Å². The molecule has 0 atom stereocenters. The van der Waals surface area contributed by atoms with Crippen molar-refractivity contribution in [3.05, 3.63) is 23.5 Å². The SMILES string of the molecule is CC(=O)COc1cc(N)c(C)cc1F. The van der Waals surface area contributed by atoms with E-state index in [0.29, 0.717) is 11.3 Å². The van der Waals surface area contributed by atoms with E-state index in [-0.39, 0.29) is 18.1 Å². The van der Waals surface area contributed by atoms with Crippen LogP contribution < -0.4 is 10.5 Å². The summed E-state index contributed by atoms with van der Waals surface area (Å²) in [4.78, 5) is 10.6. The van der Waals surface area contributed by atoms with E-state index in [9.17, 15) is 9.18 Å². The van der Waals surface area contributed by atoms with E-state index >= 15 is 0 Å². The number of benzene rings is 1. The predicted molar refractivity (Wildman–Crippen MR) is 51.7 cm³/mol. The van der Waals surface area contributed by atoms with Gasteiger partial charge in [0.15, 0.2) is 17.3 Å². The quantitative estimate of drug-likeness (QED) is 0.750. The Hall–Kier alpha value is -1.58. The van der Waals surface area contributed by atoms with Crippen LogP contribution in [-0.4, -0.2) is 12.4 Å². The van der Waals surface area contributed by atoms with Gasteiger partial charge >= 0.3 is 0 Å². The number of anilines is 1. The fraction of sp³-hybridized carbons (Fsp3) is 0.300. The molecule has 0 saturated carbocycles. The van der Waals surface area contributed by atoms with Gasteiger partial charge in [0.25, 0.3) is 0 Å². The Morgan fingerprint density at radius 1 is 1.57 bits per heavy atom. The third-order valence-electron chi connectivity index (χ3n) is 1.75. The maximum absolute atomic E-state index is 13.2. The summed E-state index contributed by atoms with van der Waals surface area (Å²) >= 11 is 0. The van der Waals surface area contributed by atoms with Crippen molar-refractivity contribution in [2.24, 2.45) is 0 Å². The minimum absolute atomic E-state index is 0.0169. The summed E-state index contributed by atoms with van der Waals surface area (Å²) in [6.45, 7) is 2.93. The Labute approximate surface area is 81.7 Å². The number of halogens is 1. The standard InChI is InChI=1S/C10H12FNO2/c1-6-3-8(11)10(4-9(6)12)14-5-7(2)13/h3-4H,5,12H2,1-2H3. The van der Waals surface area contributed by atoms with Gasteiger partial charge in [-0.1, -0.05) is 0 Å². The molecule has 0 aliphatic heterocycles. The van der Waals surface area contributed by atoms with Gasteiger partial charge in [-0.05, 0) is 25.5 Å². The van der Waals surface area contributed by atoms with E-state index in [1.807, 2.05) is 0 Å². The largest absolute Gasteiger partial charge is 0.483 e. The molecule has 0 radical (unpaired) electrons. The highest BCUT2D eigenvalue weighted by Crippen LogP contribution is 2.23. The van der Waals surface area contributed by atoms with Crippen molar-refractivity contribution in [1.82, 2.24) is 0 Å². The monoisotopic (exact) mass is 197 g/mol. The Morgan fingerprint density at radius 2 is 2.21 bits per heavy atom. The lowest BCUT2D eigenvalue weighted by molar-refractivity contribution is -0.118. The molecule has 0 bridgehead atoms. The second-order valence-electron chi connectivity index (χ2n) is 3.13. The maximum Gasteiger partial charge on any atom is 0.167 e. The molecule has 0 amide bonds. The smallest absolute Gasteiger partial charge is 0.167 e. The van der Waals surface area contributed by atoms with Crippen LogP contribution in [0.2, 0.25) is 0 Å². The number of rotatable bonds is 3. The number of ketones is 1. The number of carbonyl (C=O) groups excluding carboxylic acids is 1.